The molecule has 37 heavy (non-hydrogen) atoms. The maximum Gasteiger partial charge on any atom is 0.348 e. The molecule has 8 nitrogen and oxygen atoms in total. The lowest BCUT2D eigenvalue weighted by atomic mass is 9.83. The van der Waals surface area contributed by atoms with Gasteiger partial charge in [-0.05, 0) is 49.9 Å². The SMILES string of the molecule is CCC[C@@H](C)Oc1ccc(-c2nc(-c3cc(CNC(=O)C(CC)(CC)CF)ccc3Cl)[nH]c(=O)n2)cn1. The van der Waals surface area contributed by atoms with Crippen molar-refractivity contribution in [1.82, 2.24) is 25.3 Å². The molecule has 198 valence electrons. The minimum Gasteiger partial charge on any atom is -0.475 e. The first-order valence-electron chi connectivity index (χ1n) is 12.5. The number of carbonyl (C=O) groups excluding carboxylic acids is 1. The average Bonchev–Trinajstić information content (AvgIpc) is 2.89. The molecule has 1 amide bonds. The van der Waals surface area contributed by atoms with Gasteiger partial charge in [0.15, 0.2) is 5.82 Å². The number of amides is 1. The van der Waals surface area contributed by atoms with E-state index in [1.165, 1.54) is 0 Å². The highest BCUT2D eigenvalue weighted by atomic mass is 35.5. The van der Waals surface area contributed by atoms with E-state index >= 15 is 0 Å². The smallest absolute Gasteiger partial charge is 0.348 e. The number of hydrogen-bond acceptors (Lipinski definition) is 6. The lowest BCUT2D eigenvalue weighted by Gasteiger charge is -2.26. The normalized spacial score (nSPS) is 12.3. The largest absolute Gasteiger partial charge is 0.475 e. The van der Waals surface area contributed by atoms with Crippen LogP contribution in [0, 0.1) is 5.41 Å². The highest BCUT2D eigenvalue weighted by Crippen LogP contribution is 2.29. The molecule has 0 aliphatic heterocycles. The molecular weight excluding hydrogens is 497 g/mol. The summed E-state index contributed by atoms with van der Waals surface area (Å²) in [7, 11) is 0. The summed E-state index contributed by atoms with van der Waals surface area (Å²) in [4.78, 5) is 40.5. The summed E-state index contributed by atoms with van der Waals surface area (Å²) in [6, 6.07) is 8.59. The van der Waals surface area contributed by atoms with Crippen LogP contribution in [0.1, 0.15) is 58.9 Å². The van der Waals surface area contributed by atoms with Crippen molar-refractivity contribution in [1.29, 1.82) is 0 Å². The number of nitrogens with one attached hydrogen (secondary N) is 2. The van der Waals surface area contributed by atoms with Crippen LogP contribution in [0.3, 0.4) is 0 Å². The Labute approximate surface area is 221 Å². The van der Waals surface area contributed by atoms with Gasteiger partial charge in [-0.2, -0.15) is 4.98 Å². The van der Waals surface area contributed by atoms with Crippen molar-refractivity contribution >= 4 is 17.5 Å². The van der Waals surface area contributed by atoms with Crippen molar-refractivity contribution in [3.05, 3.63) is 57.6 Å². The number of aromatic amines is 1. The summed E-state index contributed by atoms with van der Waals surface area (Å²) in [5.74, 6) is 0.562. The van der Waals surface area contributed by atoms with Crippen LogP contribution in [0.2, 0.25) is 5.02 Å². The molecule has 2 heterocycles. The summed E-state index contributed by atoms with van der Waals surface area (Å²) in [6.07, 6.45) is 4.33. The molecule has 2 N–H and O–H groups in total. The van der Waals surface area contributed by atoms with E-state index in [2.05, 4.69) is 32.2 Å². The Kier molecular flexibility index (Phi) is 9.74. The summed E-state index contributed by atoms with van der Waals surface area (Å²) in [5.41, 5.74) is 0.107. The lowest BCUT2D eigenvalue weighted by molar-refractivity contribution is -0.132. The van der Waals surface area contributed by atoms with E-state index in [1.54, 1.807) is 50.4 Å². The highest BCUT2D eigenvalue weighted by molar-refractivity contribution is 6.33. The predicted octanol–water partition coefficient (Wildman–Crippen LogP) is 5.51. The Hall–Kier alpha value is -3.33. The molecule has 0 spiro atoms. The van der Waals surface area contributed by atoms with E-state index < -0.39 is 17.8 Å². The molecule has 0 fully saturated rings. The summed E-state index contributed by atoms with van der Waals surface area (Å²) in [5, 5.41) is 3.18. The number of rotatable bonds is 12. The molecule has 0 saturated heterocycles. The zero-order valence-electron chi connectivity index (χ0n) is 21.6. The Bertz CT molecular complexity index is 1250. The van der Waals surface area contributed by atoms with Gasteiger partial charge >= 0.3 is 5.69 Å². The van der Waals surface area contributed by atoms with Crippen LogP contribution in [0.4, 0.5) is 4.39 Å². The molecule has 3 rings (SSSR count). The van der Waals surface area contributed by atoms with Crippen molar-refractivity contribution < 1.29 is 13.9 Å². The molecular formula is C27H33ClFN5O3. The molecule has 2 aromatic heterocycles. The van der Waals surface area contributed by atoms with Crippen LogP contribution in [0.15, 0.2) is 41.3 Å². The fraction of sp³-hybridized carbons (Fsp3) is 0.444. The number of hydrogen-bond donors (Lipinski definition) is 2. The number of H-pyrrole nitrogens is 1. The topological polar surface area (TPSA) is 110 Å². The third-order valence-corrected chi connectivity index (χ3v) is 6.82. The van der Waals surface area contributed by atoms with Crippen LogP contribution in [-0.4, -0.2) is 38.6 Å². The van der Waals surface area contributed by atoms with E-state index in [-0.39, 0.29) is 30.2 Å². The van der Waals surface area contributed by atoms with Crippen LogP contribution < -0.4 is 15.7 Å². The first-order valence-corrected chi connectivity index (χ1v) is 12.9. The highest BCUT2D eigenvalue weighted by Gasteiger charge is 2.34. The fourth-order valence-electron chi connectivity index (χ4n) is 3.95. The third-order valence-electron chi connectivity index (χ3n) is 6.49. The summed E-state index contributed by atoms with van der Waals surface area (Å²) in [6.45, 7) is 7.13. The maximum absolute atomic E-state index is 13.6. The van der Waals surface area contributed by atoms with E-state index in [9.17, 15) is 14.0 Å². The van der Waals surface area contributed by atoms with Gasteiger partial charge in [-0.1, -0.05) is 44.9 Å². The molecule has 0 aliphatic carbocycles. The van der Waals surface area contributed by atoms with Crippen LogP contribution in [0.5, 0.6) is 5.88 Å². The first-order chi connectivity index (χ1) is 17.7. The van der Waals surface area contributed by atoms with E-state index in [1.807, 2.05) is 6.92 Å². The number of carbonyl (C=O) groups is 1. The number of halogens is 2. The Balaban J connectivity index is 1.84. The van der Waals surface area contributed by atoms with Gasteiger partial charge in [-0.3, -0.25) is 9.78 Å². The predicted molar refractivity (Wildman–Crippen MR) is 142 cm³/mol. The zero-order valence-corrected chi connectivity index (χ0v) is 22.4. The van der Waals surface area contributed by atoms with Crippen molar-refractivity contribution in [2.24, 2.45) is 5.41 Å². The summed E-state index contributed by atoms with van der Waals surface area (Å²) >= 11 is 6.43. The zero-order chi connectivity index (χ0) is 27.0. The number of aromatic nitrogens is 4. The average molecular weight is 530 g/mol. The lowest BCUT2D eigenvalue weighted by Crippen LogP contribution is -2.41. The number of benzene rings is 1. The standard InChI is InChI=1S/C27H33ClFN5O3/c1-5-8-17(4)37-22-12-10-19(15-30-22)23-32-24(34-26(36)33-23)20-13-18(9-11-21(20)28)14-31-25(35)27(6-2,7-3)16-29/h9-13,15,17H,5-8,14,16H2,1-4H3,(H,31,35)(H,32,33,34,36)/t17-/m1/s1. The van der Waals surface area contributed by atoms with E-state index in [0.29, 0.717) is 34.9 Å². The van der Waals surface area contributed by atoms with Crippen molar-refractivity contribution in [2.45, 2.75) is 66.0 Å². The Morgan fingerprint density at radius 3 is 2.57 bits per heavy atom. The van der Waals surface area contributed by atoms with Crippen molar-refractivity contribution in [2.75, 3.05) is 6.67 Å². The van der Waals surface area contributed by atoms with Gasteiger partial charge in [-0.25, -0.2) is 19.2 Å². The van der Waals surface area contributed by atoms with Gasteiger partial charge in [0.25, 0.3) is 0 Å². The van der Waals surface area contributed by atoms with Crippen molar-refractivity contribution in [3.63, 3.8) is 0 Å². The maximum atomic E-state index is 13.6. The van der Waals surface area contributed by atoms with Crippen LogP contribution >= 0.6 is 11.6 Å². The second-order valence-electron chi connectivity index (χ2n) is 9.05. The first kappa shape index (κ1) is 28.2. The minimum absolute atomic E-state index is 0.0438. The van der Waals surface area contributed by atoms with E-state index in [4.69, 9.17) is 16.3 Å². The van der Waals surface area contributed by atoms with Gasteiger partial charge in [0, 0.05) is 29.9 Å². The fourth-order valence-corrected chi connectivity index (χ4v) is 4.16. The molecule has 1 atom stereocenters. The second-order valence-corrected chi connectivity index (χ2v) is 9.45. The van der Waals surface area contributed by atoms with Gasteiger partial charge in [0.1, 0.15) is 12.5 Å². The van der Waals surface area contributed by atoms with Gasteiger partial charge < -0.3 is 10.1 Å². The monoisotopic (exact) mass is 529 g/mol. The molecule has 10 heteroatoms. The minimum atomic E-state index is -1.04. The second kappa shape index (κ2) is 12.8. The summed E-state index contributed by atoms with van der Waals surface area (Å²) < 4.78 is 19.4. The molecule has 0 bridgehead atoms. The molecule has 3 aromatic rings. The van der Waals surface area contributed by atoms with Crippen LogP contribution in [-0.2, 0) is 11.3 Å². The Morgan fingerprint density at radius 2 is 1.95 bits per heavy atom. The number of pyridine rings is 1. The molecule has 0 unspecified atom stereocenters. The van der Waals surface area contributed by atoms with Gasteiger partial charge in [0.05, 0.1) is 16.5 Å². The number of alkyl halides is 1. The molecule has 0 radical (unpaired) electrons. The number of ether oxygens (including phenoxy) is 1. The van der Waals surface area contributed by atoms with Gasteiger partial charge in [0.2, 0.25) is 11.8 Å². The molecule has 0 saturated carbocycles. The van der Waals surface area contributed by atoms with E-state index in [0.717, 1.165) is 18.4 Å². The molecule has 1 aromatic carbocycles. The molecule has 0 aliphatic rings. The van der Waals surface area contributed by atoms with Gasteiger partial charge in [-0.15, -0.1) is 0 Å². The quantitative estimate of drug-likeness (QED) is 0.320. The Morgan fingerprint density at radius 1 is 1.19 bits per heavy atom. The van der Waals surface area contributed by atoms with Crippen LogP contribution in [0.25, 0.3) is 22.8 Å². The third kappa shape index (κ3) is 6.91. The van der Waals surface area contributed by atoms with Crippen molar-refractivity contribution in [3.8, 4) is 28.7 Å². The number of nitrogens with zero attached hydrogens (tertiary/aromatic N) is 3.